The van der Waals surface area contributed by atoms with E-state index >= 15 is 0 Å². The highest BCUT2D eigenvalue weighted by Gasteiger charge is 2.15. The maximum atomic E-state index is 11.9. The molecule has 2 rings (SSSR count). The number of hydrogen-bond donors (Lipinski definition) is 1. The number of thiazole rings is 1. The van der Waals surface area contributed by atoms with Crippen LogP contribution in [0.5, 0.6) is 0 Å². The van der Waals surface area contributed by atoms with Crippen LogP contribution in [0.3, 0.4) is 0 Å². The van der Waals surface area contributed by atoms with Crippen molar-refractivity contribution in [1.82, 2.24) is 15.3 Å². The maximum Gasteiger partial charge on any atom is 0.263 e. The number of pyridine rings is 1. The van der Waals surface area contributed by atoms with Crippen LogP contribution in [-0.2, 0) is 0 Å². The summed E-state index contributed by atoms with van der Waals surface area (Å²) >= 11 is 1.42. The average Bonchev–Trinajstić information content (AvgIpc) is 2.79. The van der Waals surface area contributed by atoms with Crippen LogP contribution in [0.25, 0.3) is 10.6 Å². The second kappa shape index (κ2) is 5.73. The van der Waals surface area contributed by atoms with Gasteiger partial charge in [0, 0.05) is 24.5 Å². The largest absolute Gasteiger partial charge is 0.351 e. The second-order valence-electron chi connectivity index (χ2n) is 3.93. The molecule has 5 heteroatoms. The molecule has 0 saturated carbocycles. The summed E-state index contributed by atoms with van der Waals surface area (Å²) in [4.78, 5) is 21.0. The van der Waals surface area contributed by atoms with Gasteiger partial charge in [0.15, 0.2) is 0 Å². The van der Waals surface area contributed by atoms with Crippen LogP contribution < -0.4 is 5.32 Å². The summed E-state index contributed by atoms with van der Waals surface area (Å²) in [5.41, 5.74) is 1.77. The number of rotatable bonds is 4. The number of amides is 1. The predicted octanol–water partition coefficient (Wildman–Crippen LogP) is 2.65. The second-order valence-corrected chi connectivity index (χ2v) is 4.92. The van der Waals surface area contributed by atoms with Crippen LogP contribution in [0.15, 0.2) is 24.5 Å². The molecule has 94 valence electrons. The number of hydrogen-bond acceptors (Lipinski definition) is 4. The molecule has 0 unspecified atom stereocenters. The molecule has 1 N–H and O–H groups in total. The molecule has 0 aliphatic heterocycles. The summed E-state index contributed by atoms with van der Waals surface area (Å²) in [6.45, 7) is 4.59. The Balaban J connectivity index is 2.25. The van der Waals surface area contributed by atoms with Crippen molar-refractivity contribution in [2.24, 2.45) is 0 Å². The molecule has 0 bridgehead atoms. The fraction of sp³-hybridized carbons (Fsp3) is 0.308. The third kappa shape index (κ3) is 2.73. The summed E-state index contributed by atoms with van der Waals surface area (Å²) in [5, 5.41) is 3.73. The SMILES string of the molecule is CCCNC(=O)c1sc(-c2ccncc2)nc1C. The Morgan fingerprint density at radius 2 is 2.11 bits per heavy atom. The molecule has 0 spiro atoms. The molecule has 18 heavy (non-hydrogen) atoms. The summed E-state index contributed by atoms with van der Waals surface area (Å²) in [6, 6.07) is 3.79. The third-order valence-corrected chi connectivity index (χ3v) is 3.67. The zero-order valence-electron chi connectivity index (χ0n) is 10.4. The lowest BCUT2D eigenvalue weighted by Crippen LogP contribution is -2.23. The van der Waals surface area contributed by atoms with E-state index in [1.165, 1.54) is 11.3 Å². The van der Waals surface area contributed by atoms with Crippen molar-refractivity contribution in [2.75, 3.05) is 6.54 Å². The van der Waals surface area contributed by atoms with Gasteiger partial charge in [0.1, 0.15) is 9.88 Å². The van der Waals surface area contributed by atoms with Gasteiger partial charge in [-0.3, -0.25) is 9.78 Å². The number of carbonyl (C=O) groups is 1. The summed E-state index contributed by atoms with van der Waals surface area (Å²) in [5.74, 6) is -0.0350. The van der Waals surface area contributed by atoms with Gasteiger partial charge in [-0.15, -0.1) is 11.3 Å². The molecule has 0 aromatic carbocycles. The lowest BCUT2D eigenvalue weighted by molar-refractivity contribution is 0.0957. The van der Waals surface area contributed by atoms with Gasteiger partial charge in [0.2, 0.25) is 0 Å². The number of aryl methyl sites for hydroxylation is 1. The van der Waals surface area contributed by atoms with Crippen LogP contribution >= 0.6 is 11.3 Å². The zero-order valence-corrected chi connectivity index (χ0v) is 11.3. The molecule has 2 heterocycles. The van der Waals surface area contributed by atoms with Crippen molar-refractivity contribution in [3.05, 3.63) is 35.1 Å². The quantitative estimate of drug-likeness (QED) is 0.920. The molecule has 2 aromatic rings. The van der Waals surface area contributed by atoms with E-state index in [1.807, 2.05) is 26.0 Å². The lowest BCUT2D eigenvalue weighted by Gasteiger charge is -2.00. The number of carbonyl (C=O) groups excluding carboxylic acids is 1. The predicted molar refractivity (Wildman–Crippen MR) is 72.7 cm³/mol. The zero-order chi connectivity index (χ0) is 13.0. The van der Waals surface area contributed by atoms with Crippen molar-refractivity contribution in [1.29, 1.82) is 0 Å². The van der Waals surface area contributed by atoms with Crippen LogP contribution in [0.2, 0.25) is 0 Å². The minimum atomic E-state index is -0.0350. The molecular formula is C13H15N3OS. The highest BCUT2D eigenvalue weighted by Crippen LogP contribution is 2.27. The van der Waals surface area contributed by atoms with Crippen LogP contribution in [0.4, 0.5) is 0 Å². The number of nitrogens with zero attached hydrogens (tertiary/aromatic N) is 2. The first-order chi connectivity index (χ1) is 8.72. The van der Waals surface area contributed by atoms with E-state index < -0.39 is 0 Å². The Morgan fingerprint density at radius 1 is 1.39 bits per heavy atom. The molecule has 0 fully saturated rings. The van der Waals surface area contributed by atoms with Gasteiger partial charge in [-0.1, -0.05) is 6.92 Å². The normalized spacial score (nSPS) is 10.3. The first kappa shape index (κ1) is 12.7. The Labute approximate surface area is 110 Å². The van der Waals surface area contributed by atoms with E-state index in [4.69, 9.17) is 0 Å². The fourth-order valence-electron chi connectivity index (χ4n) is 1.54. The smallest absolute Gasteiger partial charge is 0.263 e. The topological polar surface area (TPSA) is 54.9 Å². The summed E-state index contributed by atoms with van der Waals surface area (Å²) in [6.07, 6.45) is 4.38. The van der Waals surface area contributed by atoms with Gasteiger partial charge in [-0.05, 0) is 25.5 Å². The monoisotopic (exact) mass is 261 g/mol. The van der Waals surface area contributed by atoms with Crippen molar-refractivity contribution in [2.45, 2.75) is 20.3 Å². The lowest BCUT2D eigenvalue weighted by atomic mass is 10.3. The standard InChI is InChI=1S/C13H15N3OS/c1-3-6-15-12(17)11-9(2)16-13(18-11)10-4-7-14-8-5-10/h4-5,7-8H,3,6H2,1-2H3,(H,15,17). The first-order valence-corrected chi connectivity index (χ1v) is 6.70. The van der Waals surface area contributed by atoms with E-state index in [-0.39, 0.29) is 5.91 Å². The Hall–Kier alpha value is -1.75. The van der Waals surface area contributed by atoms with Crippen LogP contribution in [0, 0.1) is 6.92 Å². The Morgan fingerprint density at radius 3 is 2.78 bits per heavy atom. The van der Waals surface area contributed by atoms with Crippen molar-refractivity contribution in [3.63, 3.8) is 0 Å². The molecule has 0 radical (unpaired) electrons. The third-order valence-electron chi connectivity index (χ3n) is 2.47. The van der Waals surface area contributed by atoms with Crippen molar-refractivity contribution >= 4 is 17.2 Å². The van der Waals surface area contributed by atoms with Crippen LogP contribution in [-0.4, -0.2) is 22.4 Å². The average molecular weight is 261 g/mol. The summed E-state index contributed by atoms with van der Waals surface area (Å²) < 4.78 is 0. The molecule has 0 atom stereocenters. The van der Waals surface area contributed by atoms with Gasteiger partial charge in [-0.25, -0.2) is 4.98 Å². The van der Waals surface area contributed by atoms with Gasteiger partial charge >= 0.3 is 0 Å². The molecule has 4 nitrogen and oxygen atoms in total. The number of aromatic nitrogens is 2. The van der Waals surface area contributed by atoms with E-state index in [0.717, 1.165) is 22.7 Å². The van der Waals surface area contributed by atoms with E-state index in [2.05, 4.69) is 15.3 Å². The molecule has 0 aliphatic carbocycles. The molecule has 0 aliphatic rings. The maximum absolute atomic E-state index is 11.9. The minimum absolute atomic E-state index is 0.0350. The van der Waals surface area contributed by atoms with Gasteiger partial charge in [0.05, 0.1) is 5.69 Å². The fourth-order valence-corrected chi connectivity index (χ4v) is 2.53. The van der Waals surface area contributed by atoms with Crippen molar-refractivity contribution in [3.8, 4) is 10.6 Å². The number of nitrogens with one attached hydrogen (secondary N) is 1. The van der Waals surface area contributed by atoms with Gasteiger partial charge < -0.3 is 5.32 Å². The Bertz CT molecular complexity index is 536. The highest BCUT2D eigenvalue weighted by molar-refractivity contribution is 7.17. The molecule has 1 amide bonds. The van der Waals surface area contributed by atoms with E-state index in [1.54, 1.807) is 12.4 Å². The molecule has 2 aromatic heterocycles. The van der Waals surface area contributed by atoms with Crippen molar-refractivity contribution < 1.29 is 4.79 Å². The van der Waals surface area contributed by atoms with Crippen LogP contribution in [0.1, 0.15) is 28.7 Å². The van der Waals surface area contributed by atoms with E-state index in [0.29, 0.717) is 11.4 Å². The highest BCUT2D eigenvalue weighted by atomic mass is 32.1. The van der Waals surface area contributed by atoms with Gasteiger partial charge in [-0.2, -0.15) is 0 Å². The Kier molecular flexibility index (Phi) is 4.04. The minimum Gasteiger partial charge on any atom is -0.351 e. The van der Waals surface area contributed by atoms with E-state index in [9.17, 15) is 4.79 Å². The van der Waals surface area contributed by atoms with Gasteiger partial charge in [0.25, 0.3) is 5.91 Å². The first-order valence-electron chi connectivity index (χ1n) is 5.88. The summed E-state index contributed by atoms with van der Waals surface area (Å²) in [7, 11) is 0. The molecule has 0 saturated heterocycles. The molecular weight excluding hydrogens is 246 g/mol.